The predicted molar refractivity (Wildman–Crippen MR) is 27.5 cm³/mol. The van der Waals surface area contributed by atoms with Gasteiger partial charge in [0.15, 0.2) is 0 Å². The molecule has 1 unspecified atom stereocenters. The molecule has 0 aliphatic heterocycles. The van der Waals surface area contributed by atoms with E-state index in [4.69, 9.17) is 0 Å². The molecule has 0 N–H and O–H groups in total. The Balaban J connectivity index is 3.35. The highest BCUT2D eigenvalue weighted by atomic mass is 19.3. The van der Waals surface area contributed by atoms with Crippen LogP contribution in [-0.2, 0) is 9.68 Å². The molecule has 0 aliphatic rings. The van der Waals surface area contributed by atoms with Gasteiger partial charge in [0.05, 0.1) is 6.26 Å². The van der Waals surface area contributed by atoms with Crippen LogP contribution < -0.4 is 0 Å². The summed E-state index contributed by atoms with van der Waals surface area (Å²) in [7, 11) is 0. The van der Waals surface area contributed by atoms with Crippen LogP contribution in [0.3, 0.4) is 0 Å². The van der Waals surface area contributed by atoms with Crippen LogP contribution in [0.2, 0.25) is 0 Å². The molecule has 1 atom stereocenters. The lowest BCUT2D eigenvalue weighted by atomic mass is 10.6. The van der Waals surface area contributed by atoms with Gasteiger partial charge in [0.1, 0.15) is 0 Å². The van der Waals surface area contributed by atoms with Crippen molar-refractivity contribution in [3.8, 4) is 0 Å². The quantitative estimate of drug-likeness (QED) is 0.317. The fourth-order valence-corrected chi connectivity index (χ4v) is 0.208. The molecule has 0 heterocycles. The van der Waals surface area contributed by atoms with Gasteiger partial charge in [-0.1, -0.05) is 13.2 Å². The molecule has 0 amide bonds. The molecule has 0 rings (SSSR count). The Bertz CT molecular complexity index is 82.5. The maximum Gasteiger partial charge on any atom is 0.254 e. The topological polar surface area (TPSA) is 18.5 Å². The monoisotopic (exact) mass is 118 g/mol. The molecule has 0 bridgehead atoms. The van der Waals surface area contributed by atoms with Crippen molar-refractivity contribution in [2.45, 2.75) is 6.29 Å². The minimum Gasteiger partial charge on any atom is -0.466 e. The Hall–Kier alpha value is -0.830. The van der Waals surface area contributed by atoms with Gasteiger partial charge in [-0.2, -0.15) is 0 Å². The zero-order valence-electron chi connectivity index (χ0n) is 4.34. The number of hydrogen-bond acceptors (Lipinski definition) is 2. The van der Waals surface area contributed by atoms with Crippen LogP contribution in [0.25, 0.3) is 0 Å². The third kappa shape index (κ3) is 2.36. The summed E-state index contributed by atoms with van der Waals surface area (Å²) < 4.78 is 15.5. The number of halogens is 1. The van der Waals surface area contributed by atoms with Gasteiger partial charge in [-0.25, -0.2) is 0 Å². The van der Waals surface area contributed by atoms with Gasteiger partial charge in [0, 0.05) is 0 Å². The maximum absolute atomic E-state index is 11.1. The Kier molecular flexibility index (Phi) is 3.88. The van der Waals surface area contributed by atoms with Crippen molar-refractivity contribution >= 4 is 0 Å². The fourth-order valence-electron chi connectivity index (χ4n) is 0.208. The zero-order chi connectivity index (χ0) is 6.41. The van der Waals surface area contributed by atoms with E-state index >= 15 is 0 Å². The Morgan fingerprint density at radius 2 is 2.12 bits per heavy atom. The normalized spacial score (nSPS) is 12.1. The molecule has 0 spiro atoms. The van der Waals surface area contributed by atoms with Crippen LogP contribution in [-0.4, -0.2) is 6.29 Å². The third-order valence-corrected chi connectivity index (χ3v) is 0.511. The van der Waals surface area contributed by atoms with E-state index in [-0.39, 0.29) is 0 Å². The molecule has 0 aliphatic carbocycles. The minimum absolute atomic E-state index is 1.02. The average Bonchev–Trinajstić information content (AvgIpc) is 1.83. The molecule has 0 radical (unpaired) electrons. The van der Waals surface area contributed by atoms with Crippen molar-refractivity contribution in [2.24, 2.45) is 0 Å². The van der Waals surface area contributed by atoms with E-state index in [1.807, 2.05) is 0 Å². The summed E-state index contributed by atoms with van der Waals surface area (Å²) >= 11 is 0. The van der Waals surface area contributed by atoms with Gasteiger partial charge >= 0.3 is 0 Å². The Morgan fingerprint density at radius 3 is 2.25 bits per heavy atom. The zero-order valence-corrected chi connectivity index (χ0v) is 4.34. The van der Waals surface area contributed by atoms with Gasteiger partial charge in [-0.15, -0.1) is 4.94 Å². The highest BCUT2D eigenvalue weighted by molar-refractivity contribution is 4.72. The minimum atomic E-state index is -1.02. The lowest BCUT2D eigenvalue weighted by Gasteiger charge is -2.03. The van der Waals surface area contributed by atoms with E-state index in [2.05, 4.69) is 22.8 Å². The Morgan fingerprint density at radius 1 is 1.50 bits per heavy atom. The van der Waals surface area contributed by atoms with E-state index in [0.29, 0.717) is 0 Å². The average molecular weight is 118 g/mol. The predicted octanol–water partition coefficient (Wildman–Crippen LogP) is 1.56. The molecule has 8 heavy (non-hydrogen) atoms. The maximum atomic E-state index is 11.1. The van der Waals surface area contributed by atoms with E-state index < -0.39 is 6.29 Å². The van der Waals surface area contributed by atoms with Crippen molar-refractivity contribution in [3.63, 3.8) is 0 Å². The van der Waals surface area contributed by atoms with Crippen LogP contribution in [0.1, 0.15) is 0 Å². The molecular formula is C5H7FO2. The molecule has 0 fully saturated rings. The second-order valence-corrected chi connectivity index (χ2v) is 0.996. The molecule has 0 saturated heterocycles. The van der Waals surface area contributed by atoms with Gasteiger partial charge in [-0.3, -0.25) is 0 Å². The van der Waals surface area contributed by atoms with Gasteiger partial charge in [0.25, 0.3) is 6.29 Å². The van der Waals surface area contributed by atoms with Crippen molar-refractivity contribution in [1.29, 1.82) is 0 Å². The SMILES string of the molecule is C=COC(C=C)OF. The smallest absolute Gasteiger partial charge is 0.254 e. The summed E-state index contributed by atoms with van der Waals surface area (Å²) in [6, 6.07) is 0. The first-order chi connectivity index (χ1) is 3.85. The molecule has 2 nitrogen and oxygen atoms in total. The van der Waals surface area contributed by atoms with Crippen molar-refractivity contribution < 1.29 is 14.2 Å². The molecule has 0 aromatic carbocycles. The van der Waals surface area contributed by atoms with Crippen molar-refractivity contribution in [2.75, 3.05) is 0 Å². The first kappa shape index (κ1) is 7.17. The Labute approximate surface area is 47.1 Å². The highest BCUT2D eigenvalue weighted by Crippen LogP contribution is 1.95. The fraction of sp³-hybridized carbons (Fsp3) is 0.200. The van der Waals surface area contributed by atoms with Crippen molar-refractivity contribution in [3.05, 3.63) is 25.5 Å². The summed E-state index contributed by atoms with van der Waals surface area (Å²) in [5.74, 6) is 0. The summed E-state index contributed by atoms with van der Waals surface area (Å²) in [6.45, 7) is 6.39. The summed E-state index contributed by atoms with van der Waals surface area (Å²) in [6.07, 6.45) is 1.22. The lowest BCUT2D eigenvalue weighted by molar-refractivity contribution is -0.235. The van der Waals surface area contributed by atoms with E-state index in [1.165, 1.54) is 6.08 Å². The summed E-state index contributed by atoms with van der Waals surface area (Å²) in [5.41, 5.74) is 0. The molecule has 0 saturated carbocycles. The van der Waals surface area contributed by atoms with Crippen LogP contribution >= 0.6 is 0 Å². The third-order valence-electron chi connectivity index (χ3n) is 0.511. The first-order valence-electron chi connectivity index (χ1n) is 2.01. The largest absolute Gasteiger partial charge is 0.466 e. The van der Waals surface area contributed by atoms with Crippen LogP contribution in [0.4, 0.5) is 4.53 Å². The highest BCUT2D eigenvalue weighted by Gasteiger charge is 1.98. The molecule has 3 heteroatoms. The molecule has 46 valence electrons. The summed E-state index contributed by atoms with van der Waals surface area (Å²) in [5, 5.41) is 0. The van der Waals surface area contributed by atoms with Gasteiger partial charge in [0.2, 0.25) is 0 Å². The lowest BCUT2D eigenvalue weighted by Crippen LogP contribution is -2.04. The van der Waals surface area contributed by atoms with E-state index in [0.717, 1.165) is 6.26 Å². The van der Waals surface area contributed by atoms with Crippen LogP contribution in [0, 0.1) is 0 Å². The van der Waals surface area contributed by atoms with Crippen LogP contribution in [0.15, 0.2) is 25.5 Å². The van der Waals surface area contributed by atoms with E-state index in [1.54, 1.807) is 0 Å². The number of hydrogen-bond donors (Lipinski definition) is 0. The first-order valence-corrected chi connectivity index (χ1v) is 2.01. The molecule has 0 aromatic rings. The molecule has 0 aromatic heterocycles. The second kappa shape index (κ2) is 4.33. The number of ether oxygens (including phenoxy) is 1. The number of rotatable bonds is 4. The second-order valence-electron chi connectivity index (χ2n) is 0.996. The summed E-state index contributed by atoms with van der Waals surface area (Å²) in [4.78, 5) is 3.23. The van der Waals surface area contributed by atoms with Gasteiger partial charge in [-0.05, 0) is 10.6 Å². The molecular weight excluding hydrogens is 111 g/mol. The van der Waals surface area contributed by atoms with Crippen LogP contribution in [0.5, 0.6) is 0 Å². The van der Waals surface area contributed by atoms with Crippen molar-refractivity contribution in [1.82, 2.24) is 0 Å². The van der Waals surface area contributed by atoms with Gasteiger partial charge < -0.3 is 4.74 Å². The van der Waals surface area contributed by atoms with E-state index in [9.17, 15) is 4.53 Å². The standard InChI is InChI=1S/C5H7FO2/c1-3-5(8-6)7-4-2/h3-5H,1-2H2.